The fourth-order valence-corrected chi connectivity index (χ4v) is 4.57. The lowest BCUT2D eigenvalue weighted by molar-refractivity contribution is -0.138. The van der Waals surface area contributed by atoms with E-state index in [-0.39, 0.29) is 34.2 Å². The molecule has 33 heavy (non-hydrogen) atoms. The number of piperazine rings is 1. The predicted molar refractivity (Wildman–Crippen MR) is 119 cm³/mol. The molecule has 3 amide bonds. The number of amides is 3. The Morgan fingerprint density at radius 3 is 1.88 bits per heavy atom. The van der Waals surface area contributed by atoms with Crippen molar-refractivity contribution in [1.82, 2.24) is 14.7 Å². The maximum atomic E-state index is 13.3. The molecule has 0 unspecified atom stereocenters. The van der Waals surface area contributed by atoms with E-state index >= 15 is 0 Å². The van der Waals surface area contributed by atoms with Gasteiger partial charge in [-0.25, -0.2) is 8.78 Å². The lowest BCUT2D eigenvalue weighted by Gasteiger charge is -2.38. The van der Waals surface area contributed by atoms with Crippen molar-refractivity contribution >= 4 is 29.3 Å². The van der Waals surface area contributed by atoms with Crippen LogP contribution in [-0.4, -0.2) is 71.7 Å². The number of carbonyl (C=O) groups is 3. The summed E-state index contributed by atoms with van der Waals surface area (Å²) in [4.78, 5) is 43.4. The molecule has 2 aliphatic heterocycles. The Labute approximate surface area is 195 Å². The van der Waals surface area contributed by atoms with Crippen LogP contribution in [0.1, 0.15) is 33.6 Å². The molecule has 4 rings (SSSR count). The van der Waals surface area contributed by atoms with Gasteiger partial charge in [-0.05, 0) is 55.3 Å². The minimum atomic E-state index is -0.502. The Morgan fingerprint density at radius 1 is 0.727 bits per heavy atom. The molecule has 0 atom stereocenters. The van der Waals surface area contributed by atoms with E-state index in [9.17, 15) is 23.2 Å². The van der Waals surface area contributed by atoms with Gasteiger partial charge in [0.05, 0.1) is 10.6 Å². The van der Waals surface area contributed by atoms with Crippen molar-refractivity contribution in [2.75, 3.05) is 39.3 Å². The minimum Gasteiger partial charge on any atom is -0.339 e. The zero-order chi connectivity index (χ0) is 23.5. The van der Waals surface area contributed by atoms with Crippen LogP contribution in [0.15, 0.2) is 42.5 Å². The molecule has 0 bridgehead atoms. The van der Waals surface area contributed by atoms with E-state index in [1.54, 1.807) is 14.7 Å². The van der Waals surface area contributed by atoms with Gasteiger partial charge < -0.3 is 14.7 Å². The normalized spacial score (nSPS) is 17.2. The van der Waals surface area contributed by atoms with Gasteiger partial charge in [-0.1, -0.05) is 11.6 Å². The molecule has 0 N–H and O–H groups in total. The molecule has 2 heterocycles. The monoisotopic (exact) mass is 475 g/mol. The SMILES string of the molecule is O=C(c1ccc(F)cc1)N1CCC(C(=O)N2CCN(C(=O)c3ccc(F)cc3Cl)CC2)CC1. The largest absolute Gasteiger partial charge is 0.339 e. The average molecular weight is 476 g/mol. The van der Waals surface area contributed by atoms with Crippen LogP contribution in [0.2, 0.25) is 5.02 Å². The molecular formula is C24H24ClF2N3O3. The van der Waals surface area contributed by atoms with Crippen molar-refractivity contribution < 1.29 is 23.2 Å². The summed E-state index contributed by atoms with van der Waals surface area (Å²) in [6, 6.07) is 9.14. The van der Waals surface area contributed by atoms with E-state index in [2.05, 4.69) is 0 Å². The predicted octanol–water partition coefficient (Wildman–Crippen LogP) is 3.46. The quantitative estimate of drug-likeness (QED) is 0.683. The van der Waals surface area contributed by atoms with Gasteiger partial charge in [0.15, 0.2) is 0 Å². The van der Waals surface area contributed by atoms with Gasteiger partial charge in [-0.15, -0.1) is 0 Å². The second kappa shape index (κ2) is 9.87. The number of piperidine rings is 1. The second-order valence-corrected chi connectivity index (χ2v) is 8.72. The summed E-state index contributed by atoms with van der Waals surface area (Å²) in [5.41, 5.74) is 0.680. The topological polar surface area (TPSA) is 60.9 Å². The molecule has 174 valence electrons. The van der Waals surface area contributed by atoms with Crippen LogP contribution in [0.3, 0.4) is 0 Å². The zero-order valence-corrected chi connectivity index (χ0v) is 18.7. The van der Waals surface area contributed by atoms with Gasteiger partial charge in [0.25, 0.3) is 11.8 Å². The molecule has 9 heteroatoms. The van der Waals surface area contributed by atoms with E-state index in [4.69, 9.17) is 11.6 Å². The van der Waals surface area contributed by atoms with Gasteiger partial charge in [-0.3, -0.25) is 14.4 Å². The van der Waals surface area contributed by atoms with Crippen molar-refractivity contribution in [1.29, 1.82) is 0 Å². The van der Waals surface area contributed by atoms with Crippen LogP contribution in [0.5, 0.6) is 0 Å². The smallest absolute Gasteiger partial charge is 0.255 e. The van der Waals surface area contributed by atoms with Crippen LogP contribution >= 0.6 is 11.6 Å². The first-order valence-electron chi connectivity index (χ1n) is 10.9. The lowest BCUT2D eigenvalue weighted by Crippen LogP contribution is -2.53. The second-order valence-electron chi connectivity index (χ2n) is 8.32. The van der Waals surface area contributed by atoms with Crippen molar-refractivity contribution in [2.45, 2.75) is 12.8 Å². The highest BCUT2D eigenvalue weighted by atomic mass is 35.5. The third-order valence-electron chi connectivity index (χ3n) is 6.26. The number of carbonyl (C=O) groups excluding carboxylic acids is 3. The Morgan fingerprint density at radius 2 is 1.27 bits per heavy atom. The van der Waals surface area contributed by atoms with E-state index in [0.29, 0.717) is 57.7 Å². The highest BCUT2D eigenvalue weighted by Crippen LogP contribution is 2.23. The molecule has 0 spiro atoms. The molecule has 2 saturated heterocycles. The van der Waals surface area contributed by atoms with E-state index in [1.807, 2.05) is 0 Å². The molecule has 2 aromatic carbocycles. The molecule has 0 radical (unpaired) electrons. The Kier molecular flexibility index (Phi) is 6.93. The molecule has 6 nitrogen and oxygen atoms in total. The fraction of sp³-hybridized carbons (Fsp3) is 0.375. The Hall–Kier alpha value is -3.00. The van der Waals surface area contributed by atoms with E-state index in [1.165, 1.54) is 36.4 Å². The Bertz CT molecular complexity index is 1050. The maximum absolute atomic E-state index is 13.3. The third-order valence-corrected chi connectivity index (χ3v) is 6.58. The number of nitrogens with zero attached hydrogens (tertiary/aromatic N) is 3. The highest BCUT2D eigenvalue weighted by molar-refractivity contribution is 6.33. The number of likely N-dealkylation sites (tertiary alicyclic amines) is 1. The average Bonchev–Trinajstić information content (AvgIpc) is 2.83. The summed E-state index contributed by atoms with van der Waals surface area (Å²) in [5.74, 6) is -1.46. The van der Waals surface area contributed by atoms with Crippen molar-refractivity contribution in [3.05, 3.63) is 70.2 Å². The summed E-state index contributed by atoms with van der Waals surface area (Å²) in [5, 5.41) is 0.0699. The summed E-state index contributed by atoms with van der Waals surface area (Å²) >= 11 is 6.01. The zero-order valence-electron chi connectivity index (χ0n) is 18.0. The summed E-state index contributed by atoms with van der Waals surface area (Å²) in [7, 11) is 0. The molecule has 0 aliphatic carbocycles. The number of benzene rings is 2. The number of hydrogen-bond donors (Lipinski definition) is 0. The van der Waals surface area contributed by atoms with Crippen LogP contribution < -0.4 is 0 Å². The first-order chi connectivity index (χ1) is 15.8. The fourth-order valence-electron chi connectivity index (χ4n) is 4.33. The van der Waals surface area contributed by atoms with E-state index < -0.39 is 11.6 Å². The lowest BCUT2D eigenvalue weighted by atomic mass is 9.94. The van der Waals surface area contributed by atoms with Crippen LogP contribution in [0.4, 0.5) is 8.78 Å². The van der Waals surface area contributed by atoms with Crippen LogP contribution in [0, 0.1) is 17.6 Å². The molecule has 2 fully saturated rings. The van der Waals surface area contributed by atoms with Gasteiger partial charge in [0, 0.05) is 50.7 Å². The maximum Gasteiger partial charge on any atom is 0.255 e. The number of rotatable bonds is 3. The number of halogens is 3. The third kappa shape index (κ3) is 5.16. The van der Waals surface area contributed by atoms with Crippen molar-refractivity contribution in [3.63, 3.8) is 0 Å². The summed E-state index contributed by atoms with van der Waals surface area (Å²) < 4.78 is 26.3. The molecule has 0 saturated carbocycles. The van der Waals surface area contributed by atoms with Crippen LogP contribution in [-0.2, 0) is 4.79 Å². The standard InChI is InChI=1S/C24H24ClF2N3O3/c25-21-15-19(27)5-6-20(21)24(33)30-13-11-29(12-14-30)23(32)17-7-9-28(10-8-17)22(31)16-1-3-18(26)4-2-16/h1-6,15,17H,7-14H2. The Balaban J connectivity index is 1.27. The minimum absolute atomic E-state index is 0.0378. The van der Waals surface area contributed by atoms with Gasteiger partial charge in [-0.2, -0.15) is 0 Å². The molecule has 2 aromatic rings. The number of hydrogen-bond acceptors (Lipinski definition) is 3. The first-order valence-corrected chi connectivity index (χ1v) is 11.3. The first kappa shape index (κ1) is 23.2. The van der Waals surface area contributed by atoms with Gasteiger partial charge in [0.1, 0.15) is 11.6 Å². The molecular weight excluding hydrogens is 452 g/mol. The van der Waals surface area contributed by atoms with Crippen molar-refractivity contribution in [2.24, 2.45) is 5.92 Å². The van der Waals surface area contributed by atoms with Crippen molar-refractivity contribution in [3.8, 4) is 0 Å². The molecule has 2 aliphatic rings. The highest BCUT2D eigenvalue weighted by Gasteiger charge is 2.33. The van der Waals surface area contributed by atoms with Gasteiger partial charge >= 0.3 is 0 Å². The van der Waals surface area contributed by atoms with E-state index in [0.717, 1.165) is 6.07 Å². The van der Waals surface area contributed by atoms with Crippen LogP contribution in [0.25, 0.3) is 0 Å². The molecule has 0 aromatic heterocycles. The summed E-state index contributed by atoms with van der Waals surface area (Å²) in [6.45, 7) is 2.51. The van der Waals surface area contributed by atoms with Gasteiger partial charge in [0.2, 0.25) is 5.91 Å². The summed E-state index contributed by atoms with van der Waals surface area (Å²) in [6.07, 6.45) is 1.13.